The number of imide groups is 1. The van der Waals surface area contributed by atoms with E-state index in [0.717, 1.165) is 27.8 Å². The Kier molecular flexibility index (Phi) is 3.76. The minimum Gasteiger partial charge on any atom is -0.367 e. The van der Waals surface area contributed by atoms with E-state index in [1.54, 1.807) is 0 Å². The van der Waals surface area contributed by atoms with Gasteiger partial charge in [-0.05, 0) is 37.1 Å². The van der Waals surface area contributed by atoms with Crippen LogP contribution in [-0.2, 0) is 0 Å². The molecule has 2 aromatic rings. The number of nitrogens with zero attached hydrogens (tertiary/aromatic N) is 2. The number of nitrogens with one attached hydrogen (secondary N) is 1. The van der Waals surface area contributed by atoms with Gasteiger partial charge in [0, 0.05) is 17.8 Å². The molecule has 0 radical (unpaired) electrons. The summed E-state index contributed by atoms with van der Waals surface area (Å²) in [6, 6.07) is 9.42. The van der Waals surface area contributed by atoms with Crippen molar-refractivity contribution < 1.29 is 14.5 Å². The molecule has 0 spiro atoms. The fourth-order valence-electron chi connectivity index (χ4n) is 2.64. The second kappa shape index (κ2) is 5.77. The highest BCUT2D eigenvalue weighted by Crippen LogP contribution is 2.27. The van der Waals surface area contributed by atoms with E-state index in [1.807, 2.05) is 32.0 Å². The maximum absolute atomic E-state index is 12.4. The first-order chi connectivity index (χ1) is 11.4. The van der Waals surface area contributed by atoms with Crippen molar-refractivity contribution in [2.24, 2.45) is 0 Å². The number of carbonyl (C=O) groups excluding carboxylic acids is 2. The number of aryl methyl sites for hydroxylation is 1. The van der Waals surface area contributed by atoms with Crippen LogP contribution in [0.25, 0.3) is 0 Å². The van der Waals surface area contributed by atoms with Gasteiger partial charge in [-0.3, -0.25) is 24.6 Å². The summed E-state index contributed by atoms with van der Waals surface area (Å²) in [5, 5.41) is 13.9. The van der Waals surface area contributed by atoms with Gasteiger partial charge < -0.3 is 5.32 Å². The lowest BCUT2D eigenvalue weighted by molar-refractivity contribution is -0.384. The van der Waals surface area contributed by atoms with Crippen LogP contribution < -0.4 is 5.32 Å². The van der Waals surface area contributed by atoms with Crippen molar-refractivity contribution in [1.29, 1.82) is 0 Å². The third-order valence-electron chi connectivity index (χ3n) is 4.20. The number of benzene rings is 2. The molecule has 0 aromatic heterocycles. The number of amides is 2. The maximum Gasteiger partial charge on any atom is 0.270 e. The third-order valence-corrected chi connectivity index (χ3v) is 4.20. The molecule has 24 heavy (non-hydrogen) atoms. The average Bonchev–Trinajstić information content (AvgIpc) is 2.80. The van der Waals surface area contributed by atoms with Crippen molar-refractivity contribution in [3.63, 3.8) is 0 Å². The number of anilines is 1. The van der Waals surface area contributed by atoms with E-state index in [1.165, 1.54) is 12.1 Å². The van der Waals surface area contributed by atoms with Crippen LogP contribution in [0.2, 0.25) is 0 Å². The van der Waals surface area contributed by atoms with E-state index < -0.39 is 16.7 Å². The number of nitro groups is 1. The Bertz CT molecular complexity index is 876. The lowest BCUT2D eigenvalue weighted by Crippen LogP contribution is -2.34. The summed E-state index contributed by atoms with van der Waals surface area (Å²) in [5.74, 6) is -0.987. The summed E-state index contributed by atoms with van der Waals surface area (Å²) >= 11 is 0. The first-order valence-corrected chi connectivity index (χ1v) is 7.35. The smallest absolute Gasteiger partial charge is 0.270 e. The fraction of sp³-hybridized carbons (Fsp3) is 0.176. The van der Waals surface area contributed by atoms with E-state index in [0.29, 0.717) is 0 Å². The Labute approximate surface area is 138 Å². The normalized spacial score (nSPS) is 13.2. The van der Waals surface area contributed by atoms with Gasteiger partial charge in [0.2, 0.25) is 0 Å². The van der Waals surface area contributed by atoms with Crippen molar-refractivity contribution in [1.82, 2.24) is 4.90 Å². The summed E-state index contributed by atoms with van der Waals surface area (Å²) in [4.78, 5) is 36.1. The minimum atomic E-state index is -0.588. The molecule has 1 heterocycles. The van der Waals surface area contributed by atoms with Gasteiger partial charge in [0.1, 0.15) is 0 Å². The molecule has 0 unspecified atom stereocenters. The predicted molar refractivity (Wildman–Crippen MR) is 88.0 cm³/mol. The fourth-order valence-corrected chi connectivity index (χ4v) is 2.64. The molecule has 7 nitrogen and oxygen atoms in total. The number of hydrogen-bond donors (Lipinski definition) is 1. The van der Waals surface area contributed by atoms with E-state index >= 15 is 0 Å². The Morgan fingerprint density at radius 2 is 1.79 bits per heavy atom. The number of non-ortho nitro benzene ring substituents is 1. The van der Waals surface area contributed by atoms with Gasteiger partial charge in [-0.1, -0.05) is 12.1 Å². The zero-order valence-corrected chi connectivity index (χ0v) is 13.2. The number of nitro benzene ring substituents is 1. The molecule has 2 amide bonds. The SMILES string of the molecule is Cc1cccc(NCN2C(=O)c3ccc([N+](=O)[O-])cc3C2=O)c1C. The summed E-state index contributed by atoms with van der Waals surface area (Å²) in [7, 11) is 0. The number of hydrogen-bond acceptors (Lipinski definition) is 5. The summed E-state index contributed by atoms with van der Waals surface area (Å²) in [6.45, 7) is 3.93. The van der Waals surface area contributed by atoms with Gasteiger partial charge in [0.05, 0.1) is 22.7 Å². The number of rotatable bonds is 4. The highest BCUT2D eigenvalue weighted by Gasteiger charge is 2.36. The molecule has 0 atom stereocenters. The van der Waals surface area contributed by atoms with Crippen LogP contribution in [0.1, 0.15) is 31.8 Å². The molecule has 7 heteroatoms. The highest BCUT2D eigenvalue weighted by atomic mass is 16.6. The first kappa shape index (κ1) is 15.7. The van der Waals surface area contributed by atoms with Crippen LogP contribution in [0.5, 0.6) is 0 Å². The Morgan fingerprint density at radius 1 is 1.08 bits per heavy atom. The molecular formula is C17H15N3O4. The van der Waals surface area contributed by atoms with E-state index in [9.17, 15) is 19.7 Å². The van der Waals surface area contributed by atoms with Crippen LogP contribution >= 0.6 is 0 Å². The molecular weight excluding hydrogens is 310 g/mol. The molecule has 0 fully saturated rings. The van der Waals surface area contributed by atoms with E-state index in [4.69, 9.17) is 0 Å². The summed E-state index contributed by atoms with van der Waals surface area (Å²) in [5.41, 5.74) is 3.00. The lowest BCUT2D eigenvalue weighted by atomic mass is 10.1. The van der Waals surface area contributed by atoms with Crippen LogP contribution in [0, 0.1) is 24.0 Å². The zero-order chi connectivity index (χ0) is 17.4. The van der Waals surface area contributed by atoms with Gasteiger partial charge in [-0.2, -0.15) is 0 Å². The molecule has 0 aliphatic carbocycles. The van der Waals surface area contributed by atoms with E-state index in [-0.39, 0.29) is 23.5 Å². The van der Waals surface area contributed by atoms with E-state index in [2.05, 4.69) is 5.32 Å². The Morgan fingerprint density at radius 3 is 2.50 bits per heavy atom. The van der Waals surface area contributed by atoms with Gasteiger partial charge >= 0.3 is 0 Å². The van der Waals surface area contributed by atoms with Gasteiger partial charge in [-0.25, -0.2) is 0 Å². The van der Waals surface area contributed by atoms with Crippen molar-refractivity contribution in [2.75, 3.05) is 12.0 Å². The molecule has 0 bridgehead atoms. The minimum absolute atomic E-state index is 0.00440. The zero-order valence-electron chi connectivity index (χ0n) is 13.2. The Hall–Kier alpha value is -3.22. The predicted octanol–water partition coefficient (Wildman–Crippen LogP) is 2.88. The van der Waals surface area contributed by atoms with Crippen LogP contribution in [0.3, 0.4) is 0 Å². The maximum atomic E-state index is 12.4. The average molecular weight is 325 g/mol. The quantitative estimate of drug-likeness (QED) is 0.530. The number of fused-ring (bicyclic) bond motifs is 1. The van der Waals surface area contributed by atoms with Crippen molar-refractivity contribution in [3.05, 3.63) is 68.8 Å². The molecule has 2 aromatic carbocycles. The van der Waals surface area contributed by atoms with Crippen molar-refractivity contribution in [2.45, 2.75) is 13.8 Å². The largest absolute Gasteiger partial charge is 0.367 e. The van der Waals surface area contributed by atoms with Gasteiger partial charge in [0.15, 0.2) is 0 Å². The standard InChI is InChI=1S/C17H15N3O4/c1-10-4-3-5-15(11(10)2)18-9-19-16(21)13-7-6-12(20(23)24)8-14(13)17(19)22/h3-8,18H,9H2,1-2H3. The van der Waals surface area contributed by atoms with Crippen LogP contribution in [0.4, 0.5) is 11.4 Å². The summed E-state index contributed by atoms with van der Waals surface area (Å²) < 4.78 is 0. The topological polar surface area (TPSA) is 92.6 Å². The second-order valence-electron chi connectivity index (χ2n) is 5.61. The molecule has 1 aliphatic rings. The second-order valence-corrected chi connectivity index (χ2v) is 5.61. The van der Waals surface area contributed by atoms with Gasteiger partial charge in [-0.15, -0.1) is 0 Å². The Balaban J connectivity index is 1.83. The molecule has 1 aliphatic heterocycles. The van der Waals surface area contributed by atoms with Crippen molar-refractivity contribution >= 4 is 23.2 Å². The molecule has 1 N–H and O–H groups in total. The molecule has 122 valence electrons. The molecule has 0 saturated heterocycles. The molecule has 0 saturated carbocycles. The molecule has 3 rings (SSSR count). The van der Waals surface area contributed by atoms with Crippen molar-refractivity contribution in [3.8, 4) is 0 Å². The van der Waals surface area contributed by atoms with Crippen LogP contribution in [-0.4, -0.2) is 28.3 Å². The lowest BCUT2D eigenvalue weighted by Gasteiger charge is -2.17. The highest BCUT2D eigenvalue weighted by molar-refractivity contribution is 6.21. The summed E-state index contributed by atoms with van der Waals surface area (Å²) in [6.07, 6.45) is 0. The number of carbonyl (C=O) groups is 2. The van der Waals surface area contributed by atoms with Gasteiger partial charge in [0.25, 0.3) is 17.5 Å². The third kappa shape index (κ3) is 2.50. The monoisotopic (exact) mass is 325 g/mol. The van der Waals surface area contributed by atoms with Crippen LogP contribution in [0.15, 0.2) is 36.4 Å². The first-order valence-electron chi connectivity index (χ1n) is 7.35.